The van der Waals surface area contributed by atoms with Gasteiger partial charge >= 0.3 is 0 Å². The molecule has 0 saturated carbocycles. The Morgan fingerprint density at radius 1 is 1.62 bits per heavy atom. The van der Waals surface area contributed by atoms with Gasteiger partial charge in [0, 0.05) is 13.1 Å². The van der Waals surface area contributed by atoms with Gasteiger partial charge in [0.15, 0.2) is 0 Å². The number of carbonyl (C=O) groups excluding carboxylic acids is 1. The highest BCUT2D eigenvalue weighted by Gasteiger charge is 2.16. The fourth-order valence-electron chi connectivity index (χ4n) is 1.10. The molecule has 5 nitrogen and oxygen atoms in total. The SMILES string of the molecule is CC[C@@H](N)C(=O)NN1CCOCC1. The molecule has 1 saturated heterocycles. The Kier molecular flexibility index (Phi) is 4.14. The molecule has 1 amide bonds. The van der Waals surface area contributed by atoms with E-state index in [1.54, 1.807) is 0 Å². The Labute approximate surface area is 78.2 Å². The standard InChI is InChI=1S/C8H17N3O2/c1-2-7(9)8(12)10-11-3-5-13-6-4-11/h7H,2-6,9H2,1H3,(H,10,12)/t7-/m1/s1. The fraction of sp³-hybridized carbons (Fsp3) is 0.875. The molecule has 1 atom stereocenters. The molecule has 3 N–H and O–H groups in total. The number of morpholine rings is 1. The van der Waals surface area contributed by atoms with Gasteiger partial charge < -0.3 is 10.5 Å². The van der Waals surface area contributed by atoms with E-state index in [0.717, 1.165) is 13.1 Å². The number of nitrogens with two attached hydrogens (primary N) is 1. The number of carbonyl (C=O) groups is 1. The van der Waals surface area contributed by atoms with E-state index in [1.165, 1.54) is 0 Å². The van der Waals surface area contributed by atoms with Crippen LogP contribution < -0.4 is 11.2 Å². The summed E-state index contributed by atoms with van der Waals surface area (Å²) >= 11 is 0. The van der Waals surface area contributed by atoms with Crippen LogP contribution in [-0.4, -0.2) is 43.3 Å². The monoisotopic (exact) mass is 187 g/mol. The molecule has 76 valence electrons. The van der Waals surface area contributed by atoms with Crippen LogP contribution in [-0.2, 0) is 9.53 Å². The number of hydrogen-bond acceptors (Lipinski definition) is 4. The van der Waals surface area contributed by atoms with Gasteiger partial charge in [-0.15, -0.1) is 0 Å². The zero-order chi connectivity index (χ0) is 9.68. The van der Waals surface area contributed by atoms with Crippen molar-refractivity contribution in [3.05, 3.63) is 0 Å². The first-order chi connectivity index (χ1) is 6.24. The predicted octanol–water partition coefficient (Wildman–Crippen LogP) is -0.913. The van der Waals surface area contributed by atoms with E-state index >= 15 is 0 Å². The van der Waals surface area contributed by atoms with Gasteiger partial charge in [-0.25, -0.2) is 5.01 Å². The maximum absolute atomic E-state index is 11.3. The summed E-state index contributed by atoms with van der Waals surface area (Å²) in [7, 11) is 0. The summed E-state index contributed by atoms with van der Waals surface area (Å²) in [5.74, 6) is -0.107. The van der Waals surface area contributed by atoms with Crippen molar-refractivity contribution in [1.29, 1.82) is 0 Å². The van der Waals surface area contributed by atoms with E-state index in [4.69, 9.17) is 10.5 Å². The van der Waals surface area contributed by atoms with Crippen LogP contribution in [0.3, 0.4) is 0 Å². The molecule has 0 bridgehead atoms. The summed E-state index contributed by atoms with van der Waals surface area (Å²) < 4.78 is 5.14. The van der Waals surface area contributed by atoms with Crippen LogP contribution in [0.5, 0.6) is 0 Å². The minimum absolute atomic E-state index is 0.107. The molecule has 0 aromatic rings. The molecule has 5 heteroatoms. The highest BCUT2D eigenvalue weighted by Crippen LogP contribution is 1.94. The van der Waals surface area contributed by atoms with Crippen LogP contribution in [0, 0.1) is 0 Å². The number of amides is 1. The van der Waals surface area contributed by atoms with E-state index < -0.39 is 6.04 Å². The Morgan fingerprint density at radius 2 is 2.23 bits per heavy atom. The van der Waals surface area contributed by atoms with Crippen LogP contribution in [0.1, 0.15) is 13.3 Å². The highest BCUT2D eigenvalue weighted by molar-refractivity contribution is 5.80. The van der Waals surface area contributed by atoms with Crippen LogP contribution in [0.15, 0.2) is 0 Å². The Balaban J connectivity index is 2.26. The van der Waals surface area contributed by atoms with Gasteiger partial charge in [0.1, 0.15) is 0 Å². The van der Waals surface area contributed by atoms with E-state index in [0.29, 0.717) is 19.6 Å². The number of hydrogen-bond donors (Lipinski definition) is 2. The molecule has 1 heterocycles. The lowest BCUT2D eigenvalue weighted by atomic mass is 10.2. The number of ether oxygens (including phenoxy) is 1. The normalized spacial score (nSPS) is 21.1. The maximum atomic E-state index is 11.3. The number of hydrazine groups is 1. The van der Waals surface area contributed by atoms with Crippen molar-refractivity contribution in [3.8, 4) is 0 Å². The summed E-state index contributed by atoms with van der Waals surface area (Å²) in [6, 6.07) is -0.400. The zero-order valence-corrected chi connectivity index (χ0v) is 7.95. The smallest absolute Gasteiger partial charge is 0.251 e. The molecule has 1 fully saturated rings. The minimum atomic E-state index is -0.400. The van der Waals surface area contributed by atoms with Gasteiger partial charge in [0.25, 0.3) is 5.91 Å². The molecule has 0 aliphatic carbocycles. The molecule has 1 aliphatic rings. The first-order valence-corrected chi connectivity index (χ1v) is 4.62. The number of nitrogens with zero attached hydrogens (tertiary/aromatic N) is 1. The number of rotatable bonds is 3. The number of nitrogens with one attached hydrogen (secondary N) is 1. The van der Waals surface area contributed by atoms with Crippen LogP contribution in [0.2, 0.25) is 0 Å². The lowest BCUT2D eigenvalue weighted by molar-refractivity contribution is -0.129. The average Bonchev–Trinajstić information content (AvgIpc) is 2.18. The Hall–Kier alpha value is -0.650. The molecular formula is C8H17N3O2. The van der Waals surface area contributed by atoms with Crippen molar-refractivity contribution in [3.63, 3.8) is 0 Å². The van der Waals surface area contributed by atoms with E-state index in [-0.39, 0.29) is 5.91 Å². The quantitative estimate of drug-likeness (QED) is 0.600. The van der Waals surface area contributed by atoms with Gasteiger partial charge in [-0.05, 0) is 6.42 Å². The fourth-order valence-corrected chi connectivity index (χ4v) is 1.10. The Bertz CT molecular complexity index is 169. The predicted molar refractivity (Wildman–Crippen MR) is 48.8 cm³/mol. The first-order valence-electron chi connectivity index (χ1n) is 4.62. The molecule has 0 aromatic heterocycles. The van der Waals surface area contributed by atoms with Crippen molar-refractivity contribution in [2.45, 2.75) is 19.4 Å². The van der Waals surface area contributed by atoms with Gasteiger partial charge in [0.05, 0.1) is 19.3 Å². The molecular weight excluding hydrogens is 170 g/mol. The minimum Gasteiger partial charge on any atom is -0.379 e. The average molecular weight is 187 g/mol. The molecule has 0 spiro atoms. The van der Waals surface area contributed by atoms with E-state index in [9.17, 15) is 4.79 Å². The van der Waals surface area contributed by atoms with Crippen molar-refractivity contribution < 1.29 is 9.53 Å². The molecule has 1 rings (SSSR count). The van der Waals surface area contributed by atoms with E-state index in [1.807, 2.05) is 11.9 Å². The van der Waals surface area contributed by atoms with Gasteiger partial charge in [0.2, 0.25) is 0 Å². The molecule has 13 heavy (non-hydrogen) atoms. The second-order valence-corrected chi connectivity index (χ2v) is 3.09. The van der Waals surface area contributed by atoms with Crippen molar-refractivity contribution >= 4 is 5.91 Å². The molecule has 0 unspecified atom stereocenters. The topological polar surface area (TPSA) is 67.6 Å². The third-order valence-electron chi connectivity index (χ3n) is 2.06. The van der Waals surface area contributed by atoms with Crippen LogP contribution >= 0.6 is 0 Å². The van der Waals surface area contributed by atoms with Crippen molar-refractivity contribution in [2.75, 3.05) is 26.3 Å². The summed E-state index contributed by atoms with van der Waals surface area (Å²) in [5, 5.41) is 1.85. The third-order valence-corrected chi connectivity index (χ3v) is 2.06. The Morgan fingerprint density at radius 3 is 2.77 bits per heavy atom. The summed E-state index contributed by atoms with van der Waals surface area (Å²) in [6.45, 7) is 4.71. The largest absolute Gasteiger partial charge is 0.379 e. The van der Waals surface area contributed by atoms with Crippen molar-refractivity contribution in [2.24, 2.45) is 5.73 Å². The first kappa shape index (κ1) is 10.4. The summed E-state index contributed by atoms with van der Waals surface area (Å²) in [5.41, 5.74) is 8.32. The third kappa shape index (κ3) is 3.30. The highest BCUT2D eigenvalue weighted by atomic mass is 16.5. The second-order valence-electron chi connectivity index (χ2n) is 3.09. The van der Waals surface area contributed by atoms with Crippen LogP contribution in [0.4, 0.5) is 0 Å². The zero-order valence-electron chi connectivity index (χ0n) is 7.95. The molecule has 1 aliphatic heterocycles. The lowest BCUT2D eigenvalue weighted by Gasteiger charge is -2.27. The summed E-state index contributed by atoms with van der Waals surface area (Å²) in [4.78, 5) is 11.3. The van der Waals surface area contributed by atoms with Gasteiger partial charge in [-0.1, -0.05) is 6.92 Å². The maximum Gasteiger partial charge on any atom is 0.251 e. The van der Waals surface area contributed by atoms with Crippen LogP contribution in [0.25, 0.3) is 0 Å². The van der Waals surface area contributed by atoms with Gasteiger partial charge in [-0.2, -0.15) is 0 Å². The van der Waals surface area contributed by atoms with Crippen molar-refractivity contribution in [1.82, 2.24) is 10.4 Å². The van der Waals surface area contributed by atoms with Gasteiger partial charge in [-0.3, -0.25) is 10.2 Å². The second kappa shape index (κ2) is 5.16. The lowest BCUT2D eigenvalue weighted by Crippen LogP contribution is -2.53. The summed E-state index contributed by atoms with van der Waals surface area (Å²) in [6.07, 6.45) is 0.663. The van der Waals surface area contributed by atoms with E-state index in [2.05, 4.69) is 5.43 Å². The molecule has 0 aromatic carbocycles. The molecule has 0 radical (unpaired) electrons.